The Labute approximate surface area is 74.2 Å². The Morgan fingerprint density at radius 1 is 1.18 bits per heavy atom. The van der Waals surface area contributed by atoms with Gasteiger partial charge in [0, 0.05) is 5.88 Å². The highest BCUT2D eigenvalue weighted by Gasteiger charge is 1.90. The Bertz CT molecular complexity index is 194. The second-order valence-electron chi connectivity index (χ2n) is 2.06. The zero-order valence-corrected chi connectivity index (χ0v) is 8.15. The van der Waals surface area contributed by atoms with Crippen molar-refractivity contribution < 1.29 is 0 Å². The molecule has 0 amide bonds. The monoisotopic (exact) mass is 170 g/mol. The van der Waals surface area contributed by atoms with Gasteiger partial charge in [-0.25, -0.2) is 0 Å². The quantitative estimate of drug-likeness (QED) is 0.563. The number of aryl methyl sites for hydroxylation is 1. The summed E-state index contributed by atoms with van der Waals surface area (Å²) in [6.07, 6.45) is 0. The molecule has 11 heavy (non-hydrogen) atoms. The summed E-state index contributed by atoms with van der Waals surface area (Å²) in [5.41, 5.74) is 2.49. The summed E-state index contributed by atoms with van der Waals surface area (Å²) in [4.78, 5) is 0. The van der Waals surface area contributed by atoms with Crippen LogP contribution in [0.5, 0.6) is 0 Å². The van der Waals surface area contributed by atoms with Gasteiger partial charge in [-0.05, 0) is 18.1 Å². The summed E-state index contributed by atoms with van der Waals surface area (Å²) in [6, 6.07) is 8.14. The van der Waals surface area contributed by atoms with Gasteiger partial charge in [-0.15, -0.1) is 11.6 Å². The molecule has 0 aliphatic rings. The first kappa shape index (κ1) is 10.5. The van der Waals surface area contributed by atoms with E-state index < -0.39 is 0 Å². The molecule has 0 spiro atoms. The molecule has 0 unspecified atom stereocenters. The van der Waals surface area contributed by atoms with Crippen LogP contribution in [0, 0.1) is 6.92 Å². The van der Waals surface area contributed by atoms with Crippen molar-refractivity contribution in [2.45, 2.75) is 26.7 Å². The molecule has 0 heterocycles. The van der Waals surface area contributed by atoms with Crippen LogP contribution in [-0.2, 0) is 5.88 Å². The molecule has 0 aliphatic carbocycles. The van der Waals surface area contributed by atoms with Crippen LogP contribution in [0.3, 0.4) is 0 Å². The lowest BCUT2D eigenvalue weighted by molar-refractivity contribution is 1.30. The first-order chi connectivity index (χ1) is 5.34. The highest BCUT2D eigenvalue weighted by molar-refractivity contribution is 6.17. The van der Waals surface area contributed by atoms with Crippen molar-refractivity contribution in [1.82, 2.24) is 0 Å². The summed E-state index contributed by atoms with van der Waals surface area (Å²) in [5, 5.41) is 0. The Kier molecular flexibility index (Phi) is 5.96. The lowest BCUT2D eigenvalue weighted by atomic mass is 10.1. The number of halogens is 1. The molecule has 0 bridgehead atoms. The van der Waals surface area contributed by atoms with E-state index in [1.807, 2.05) is 32.0 Å². The molecular weight excluding hydrogens is 156 g/mol. The van der Waals surface area contributed by atoms with Crippen molar-refractivity contribution in [3.63, 3.8) is 0 Å². The van der Waals surface area contributed by atoms with Crippen LogP contribution in [-0.4, -0.2) is 0 Å². The lowest BCUT2D eigenvalue weighted by Crippen LogP contribution is -1.80. The molecule has 0 nitrogen and oxygen atoms in total. The maximum Gasteiger partial charge on any atom is 0.0476 e. The van der Waals surface area contributed by atoms with E-state index in [1.54, 1.807) is 0 Å². The standard InChI is InChI=1S/C8H9Cl.C2H6/c1-7-4-2-3-5-8(7)6-9;1-2/h2-5H,6H2,1H3;1-2H3. The smallest absolute Gasteiger partial charge is 0.0476 e. The van der Waals surface area contributed by atoms with Crippen LogP contribution >= 0.6 is 11.6 Å². The Hall–Kier alpha value is -0.490. The number of hydrogen-bond donors (Lipinski definition) is 0. The van der Waals surface area contributed by atoms with Crippen molar-refractivity contribution in [3.8, 4) is 0 Å². The second-order valence-corrected chi connectivity index (χ2v) is 2.33. The first-order valence-corrected chi connectivity index (χ1v) is 4.48. The van der Waals surface area contributed by atoms with Crippen molar-refractivity contribution in [2.75, 3.05) is 0 Å². The molecule has 0 saturated heterocycles. The van der Waals surface area contributed by atoms with Gasteiger partial charge in [-0.2, -0.15) is 0 Å². The summed E-state index contributed by atoms with van der Waals surface area (Å²) in [5.74, 6) is 0.618. The highest BCUT2D eigenvalue weighted by Crippen LogP contribution is 2.08. The Morgan fingerprint density at radius 3 is 2.09 bits per heavy atom. The van der Waals surface area contributed by atoms with E-state index in [1.165, 1.54) is 11.1 Å². The minimum Gasteiger partial charge on any atom is -0.122 e. The molecule has 0 aliphatic heterocycles. The SMILES string of the molecule is CC.Cc1ccccc1CCl. The van der Waals surface area contributed by atoms with Crippen LogP contribution in [0.25, 0.3) is 0 Å². The summed E-state index contributed by atoms with van der Waals surface area (Å²) < 4.78 is 0. The third-order valence-electron chi connectivity index (χ3n) is 1.41. The van der Waals surface area contributed by atoms with E-state index in [4.69, 9.17) is 11.6 Å². The lowest BCUT2D eigenvalue weighted by Gasteiger charge is -1.97. The molecule has 1 rings (SSSR count). The van der Waals surface area contributed by atoms with Crippen molar-refractivity contribution >= 4 is 11.6 Å². The van der Waals surface area contributed by atoms with Crippen LogP contribution < -0.4 is 0 Å². The molecule has 1 aromatic carbocycles. The minimum atomic E-state index is 0.618. The van der Waals surface area contributed by atoms with E-state index in [-0.39, 0.29) is 0 Å². The van der Waals surface area contributed by atoms with E-state index in [0.29, 0.717) is 5.88 Å². The molecule has 62 valence electrons. The average molecular weight is 171 g/mol. The fraction of sp³-hybridized carbons (Fsp3) is 0.400. The van der Waals surface area contributed by atoms with Crippen LogP contribution in [0.4, 0.5) is 0 Å². The van der Waals surface area contributed by atoms with Gasteiger partial charge in [0.2, 0.25) is 0 Å². The van der Waals surface area contributed by atoms with Gasteiger partial charge in [0.25, 0.3) is 0 Å². The molecule has 0 N–H and O–H groups in total. The fourth-order valence-electron chi connectivity index (χ4n) is 0.760. The van der Waals surface area contributed by atoms with E-state index in [2.05, 4.69) is 13.0 Å². The number of rotatable bonds is 1. The largest absolute Gasteiger partial charge is 0.122 e. The molecule has 1 heteroatoms. The third-order valence-corrected chi connectivity index (χ3v) is 1.69. The molecule has 1 aromatic rings. The minimum absolute atomic E-state index is 0.618. The van der Waals surface area contributed by atoms with Gasteiger partial charge in [0.1, 0.15) is 0 Å². The van der Waals surface area contributed by atoms with Gasteiger partial charge in [-0.3, -0.25) is 0 Å². The zero-order valence-electron chi connectivity index (χ0n) is 7.39. The average Bonchev–Trinajstić information content (AvgIpc) is 2.09. The summed E-state index contributed by atoms with van der Waals surface area (Å²) >= 11 is 5.63. The van der Waals surface area contributed by atoms with Crippen molar-refractivity contribution in [1.29, 1.82) is 0 Å². The van der Waals surface area contributed by atoms with Gasteiger partial charge in [-0.1, -0.05) is 38.1 Å². The Balaban J connectivity index is 0.000000461. The van der Waals surface area contributed by atoms with Crippen molar-refractivity contribution in [3.05, 3.63) is 35.4 Å². The van der Waals surface area contributed by atoms with Gasteiger partial charge < -0.3 is 0 Å². The predicted molar refractivity (Wildman–Crippen MR) is 52.1 cm³/mol. The second kappa shape index (κ2) is 6.23. The number of benzene rings is 1. The van der Waals surface area contributed by atoms with E-state index in [0.717, 1.165) is 0 Å². The predicted octanol–water partition coefficient (Wildman–Crippen LogP) is 3.76. The van der Waals surface area contributed by atoms with Crippen molar-refractivity contribution in [2.24, 2.45) is 0 Å². The molecule has 0 atom stereocenters. The molecular formula is C10H15Cl. The van der Waals surface area contributed by atoms with E-state index >= 15 is 0 Å². The zero-order chi connectivity index (χ0) is 8.69. The van der Waals surface area contributed by atoms with Crippen LogP contribution in [0.2, 0.25) is 0 Å². The van der Waals surface area contributed by atoms with Crippen LogP contribution in [0.1, 0.15) is 25.0 Å². The topological polar surface area (TPSA) is 0 Å². The first-order valence-electron chi connectivity index (χ1n) is 3.95. The van der Waals surface area contributed by atoms with Gasteiger partial charge in [0.15, 0.2) is 0 Å². The molecule has 0 aromatic heterocycles. The van der Waals surface area contributed by atoms with E-state index in [9.17, 15) is 0 Å². The molecule has 0 fully saturated rings. The number of alkyl halides is 1. The fourth-order valence-corrected chi connectivity index (χ4v) is 1.06. The summed E-state index contributed by atoms with van der Waals surface area (Å²) in [7, 11) is 0. The summed E-state index contributed by atoms with van der Waals surface area (Å²) in [6.45, 7) is 6.07. The maximum absolute atomic E-state index is 5.63. The third kappa shape index (κ3) is 3.43. The highest BCUT2D eigenvalue weighted by atomic mass is 35.5. The normalized spacial score (nSPS) is 8.36. The maximum atomic E-state index is 5.63. The van der Waals surface area contributed by atoms with Crippen LogP contribution in [0.15, 0.2) is 24.3 Å². The number of hydrogen-bond acceptors (Lipinski definition) is 0. The van der Waals surface area contributed by atoms with Gasteiger partial charge >= 0.3 is 0 Å². The molecule has 0 saturated carbocycles. The van der Waals surface area contributed by atoms with Gasteiger partial charge in [0.05, 0.1) is 0 Å². The Morgan fingerprint density at radius 2 is 1.73 bits per heavy atom. The molecule has 0 radical (unpaired) electrons.